The summed E-state index contributed by atoms with van der Waals surface area (Å²) in [7, 11) is 0. The molecule has 0 aromatic heterocycles. The quantitative estimate of drug-likeness (QED) is 0.336. The standard InChI is InChI=1S/CH3N2.Pb/c2-1-3;/h1H,(H2-,2,3);/q-1;+1. The summed E-state index contributed by atoms with van der Waals surface area (Å²) in [6.45, 7) is 0. The maximum absolute atomic E-state index is 4.77. The fraction of sp³-hybridized carbons (Fsp3) is 0. The monoisotopic (exact) mass is 251 g/mol. The SMILES string of the molecule is N/C=[N]/[Pb]. The van der Waals surface area contributed by atoms with Crippen molar-refractivity contribution in [3.8, 4) is 0 Å². The summed E-state index contributed by atoms with van der Waals surface area (Å²) in [5.74, 6) is 0. The van der Waals surface area contributed by atoms with Crippen LogP contribution in [-0.4, -0.2) is 32.4 Å². The zero-order chi connectivity index (χ0) is 3.41. The first-order valence-electron chi connectivity index (χ1n) is 0.815. The Labute approximate surface area is 41.2 Å². The van der Waals surface area contributed by atoms with E-state index in [1.54, 1.807) is 0 Å². The summed E-state index contributed by atoms with van der Waals surface area (Å²) in [6.07, 6.45) is 1.31. The summed E-state index contributed by atoms with van der Waals surface area (Å²) in [6, 6.07) is 0. The van der Waals surface area contributed by atoms with Crippen LogP contribution in [0.25, 0.3) is 0 Å². The molecule has 0 bridgehead atoms. The van der Waals surface area contributed by atoms with Crippen LogP contribution in [0.1, 0.15) is 0 Å². The number of hydrogen-bond donors (Lipinski definition) is 1. The zero-order valence-electron chi connectivity index (χ0n) is 2.10. The summed E-state index contributed by atoms with van der Waals surface area (Å²) in [5, 5.41) is 0. The van der Waals surface area contributed by atoms with Gasteiger partial charge in [-0.15, -0.1) is 0 Å². The molecule has 0 aliphatic heterocycles. The van der Waals surface area contributed by atoms with Crippen molar-refractivity contribution in [2.75, 3.05) is 0 Å². The van der Waals surface area contributed by atoms with Gasteiger partial charge in [-0.3, -0.25) is 0 Å². The van der Waals surface area contributed by atoms with E-state index in [0.717, 1.165) is 26.1 Å². The minimum atomic E-state index is 0.834. The minimum absolute atomic E-state index is 0.834. The van der Waals surface area contributed by atoms with Gasteiger partial charge in [-0.05, 0) is 0 Å². The van der Waals surface area contributed by atoms with E-state index in [0.29, 0.717) is 0 Å². The van der Waals surface area contributed by atoms with Crippen LogP contribution in [0.5, 0.6) is 0 Å². The maximum atomic E-state index is 4.77. The summed E-state index contributed by atoms with van der Waals surface area (Å²) in [4.78, 5) is 0. The van der Waals surface area contributed by atoms with Gasteiger partial charge in [0.1, 0.15) is 0 Å². The van der Waals surface area contributed by atoms with E-state index in [1.807, 2.05) is 0 Å². The van der Waals surface area contributed by atoms with Crippen molar-refractivity contribution in [1.29, 1.82) is 0 Å². The molecule has 21 valence electrons. The average Bonchev–Trinajstić information content (AvgIpc) is 1.37. The van der Waals surface area contributed by atoms with E-state index in [-0.39, 0.29) is 0 Å². The van der Waals surface area contributed by atoms with Gasteiger partial charge in [0.05, 0.1) is 0 Å². The molecule has 0 aromatic carbocycles. The second-order valence-electron chi connectivity index (χ2n) is 0.278. The van der Waals surface area contributed by atoms with Crippen molar-refractivity contribution in [1.82, 2.24) is 0 Å². The molecule has 3 heteroatoms. The van der Waals surface area contributed by atoms with Crippen LogP contribution in [0.2, 0.25) is 0 Å². The second-order valence-corrected chi connectivity index (χ2v) is 1.28. The number of rotatable bonds is 0. The van der Waals surface area contributed by atoms with E-state index < -0.39 is 0 Å². The molecule has 4 heavy (non-hydrogen) atoms. The number of nitrogens with two attached hydrogens (primary N) is 1. The first kappa shape index (κ1) is 4.39. The molecule has 0 spiro atoms. The summed E-state index contributed by atoms with van der Waals surface area (Å²) < 4.78 is 3.53. The summed E-state index contributed by atoms with van der Waals surface area (Å²) in [5.41, 5.74) is 4.77. The third-order valence-electron chi connectivity index (χ3n) is 0.0745. The van der Waals surface area contributed by atoms with Crippen molar-refractivity contribution in [2.24, 2.45) is 8.54 Å². The molecular weight excluding hydrogens is 247 g/mol. The molecule has 0 aromatic rings. The number of nitrogens with zero attached hydrogens (tertiary/aromatic N) is 1. The fourth-order valence-electron chi connectivity index (χ4n) is 0. The van der Waals surface area contributed by atoms with Gasteiger partial charge in [-0.25, -0.2) is 0 Å². The normalized spacial score (nSPS) is 9.25. The van der Waals surface area contributed by atoms with E-state index in [1.165, 1.54) is 6.34 Å². The Hall–Kier alpha value is 0.392. The molecule has 0 aliphatic rings. The van der Waals surface area contributed by atoms with Crippen LogP contribution in [0.4, 0.5) is 0 Å². The molecular formula is CH3N2Pb. The Morgan fingerprint density at radius 1 is 2.00 bits per heavy atom. The van der Waals surface area contributed by atoms with Gasteiger partial charge < -0.3 is 0 Å². The molecule has 0 rings (SSSR count). The van der Waals surface area contributed by atoms with Gasteiger partial charge in [-0.1, -0.05) is 0 Å². The van der Waals surface area contributed by atoms with Crippen molar-refractivity contribution in [3.63, 3.8) is 0 Å². The van der Waals surface area contributed by atoms with Crippen LogP contribution >= 0.6 is 0 Å². The van der Waals surface area contributed by atoms with Gasteiger partial charge in [0.25, 0.3) is 0 Å². The summed E-state index contributed by atoms with van der Waals surface area (Å²) >= 11 is 0.834. The molecule has 0 fully saturated rings. The van der Waals surface area contributed by atoms with Gasteiger partial charge in [-0.2, -0.15) is 0 Å². The van der Waals surface area contributed by atoms with Gasteiger partial charge in [0.2, 0.25) is 0 Å². The third-order valence-corrected chi connectivity index (χ3v) is 0.654. The Kier molecular flexibility index (Phi) is 3.72. The predicted octanol–water partition coefficient (Wildman–Crippen LogP) is -0.943. The van der Waals surface area contributed by atoms with Gasteiger partial charge in [0.15, 0.2) is 0 Å². The van der Waals surface area contributed by atoms with Gasteiger partial charge >= 0.3 is 40.9 Å². The van der Waals surface area contributed by atoms with Crippen LogP contribution in [0, 0.1) is 0 Å². The first-order valence-corrected chi connectivity index (χ1v) is 2.55. The van der Waals surface area contributed by atoms with Crippen LogP contribution in [-0.2, 0) is 0 Å². The molecule has 0 aliphatic carbocycles. The topological polar surface area (TPSA) is 38.4 Å². The molecule has 0 saturated heterocycles. The van der Waals surface area contributed by atoms with Crippen molar-refractivity contribution in [2.45, 2.75) is 0 Å². The molecule has 0 amide bonds. The van der Waals surface area contributed by atoms with E-state index >= 15 is 0 Å². The third kappa shape index (κ3) is 2.39. The zero-order valence-corrected chi connectivity index (χ0v) is 5.99. The van der Waals surface area contributed by atoms with Crippen molar-refractivity contribution in [3.05, 3.63) is 0 Å². The van der Waals surface area contributed by atoms with Crippen molar-refractivity contribution < 1.29 is 0 Å². The Balaban J connectivity index is 2.55. The number of hydrogen-bond acceptors (Lipinski definition) is 1. The van der Waals surface area contributed by atoms with E-state index in [9.17, 15) is 0 Å². The fourth-order valence-corrected chi connectivity index (χ4v) is 0. The van der Waals surface area contributed by atoms with E-state index in [4.69, 9.17) is 5.73 Å². The predicted molar refractivity (Wildman–Crippen MR) is 18.4 cm³/mol. The van der Waals surface area contributed by atoms with Gasteiger partial charge in [0, 0.05) is 0 Å². The molecule has 2 N–H and O–H groups in total. The molecule has 0 atom stereocenters. The second kappa shape index (κ2) is 3.39. The molecule has 2 nitrogen and oxygen atoms in total. The molecule has 0 heterocycles. The van der Waals surface area contributed by atoms with Crippen LogP contribution < -0.4 is 5.73 Å². The Bertz CT molecular complexity index is 21.2. The average molecular weight is 250 g/mol. The Morgan fingerprint density at radius 3 is 2.25 bits per heavy atom. The van der Waals surface area contributed by atoms with Crippen LogP contribution in [0.3, 0.4) is 0 Å². The molecule has 3 radical (unpaired) electrons. The van der Waals surface area contributed by atoms with Crippen molar-refractivity contribution >= 4 is 32.4 Å². The molecule has 0 saturated carbocycles. The first-order chi connectivity index (χ1) is 1.91. The molecule has 0 unspecified atom stereocenters. The van der Waals surface area contributed by atoms with E-state index in [2.05, 4.69) is 2.80 Å². The van der Waals surface area contributed by atoms with Crippen LogP contribution in [0.15, 0.2) is 2.80 Å². The Morgan fingerprint density at radius 2 is 2.25 bits per heavy atom.